The second-order valence-corrected chi connectivity index (χ2v) is 8.32. The monoisotopic (exact) mass is 416 g/mol. The van der Waals surface area contributed by atoms with Crippen molar-refractivity contribution in [3.8, 4) is 11.5 Å². The fourth-order valence-electron chi connectivity index (χ4n) is 5.23. The van der Waals surface area contributed by atoms with Crippen LogP contribution in [0.15, 0.2) is 97.1 Å². The first-order valence-electron chi connectivity index (χ1n) is 10.9. The Morgan fingerprint density at radius 3 is 2.34 bits per heavy atom. The fourth-order valence-corrected chi connectivity index (χ4v) is 5.23. The van der Waals surface area contributed by atoms with Gasteiger partial charge in [-0.25, -0.2) is 4.98 Å². The zero-order chi connectivity index (χ0) is 21.1. The molecular formula is C28H20N2O2. The highest BCUT2D eigenvalue weighted by Crippen LogP contribution is 2.47. The number of fused-ring (bicyclic) bond motifs is 5. The number of para-hydroxylation sites is 2. The van der Waals surface area contributed by atoms with Crippen LogP contribution >= 0.6 is 0 Å². The summed E-state index contributed by atoms with van der Waals surface area (Å²) >= 11 is 0. The van der Waals surface area contributed by atoms with E-state index in [1.807, 2.05) is 6.07 Å². The van der Waals surface area contributed by atoms with Crippen LogP contribution in [0.1, 0.15) is 40.0 Å². The number of benzene rings is 4. The predicted molar refractivity (Wildman–Crippen MR) is 123 cm³/mol. The first-order chi connectivity index (χ1) is 15.9. The summed E-state index contributed by atoms with van der Waals surface area (Å²) in [4.78, 5) is 5.17. The molecule has 5 aromatic rings. The Morgan fingerprint density at radius 1 is 0.688 bits per heavy atom. The van der Waals surface area contributed by atoms with Crippen LogP contribution in [-0.2, 0) is 0 Å². The van der Waals surface area contributed by atoms with Gasteiger partial charge in [0, 0.05) is 0 Å². The van der Waals surface area contributed by atoms with Crippen molar-refractivity contribution in [2.24, 2.45) is 0 Å². The molecule has 0 fully saturated rings. The van der Waals surface area contributed by atoms with E-state index in [1.54, 1.807) is 0 Å². The zero-order valence-electron chi connectivity index (χ0n) is 17.3. The molecule has 2 atom stereocenters. The Balaban J connectivity index is 1.55. The maximum absolute atomic E-state index is 5.72. The summed E-state index contributed by atoms with van der Waals surface area (Å²) in [7, 11) is 0. The molecule has 2 aliphatic heterocycles. The molecule has 0 aliphatic carbocycles. The molecular weight excluding hydrogens is 396 g/mol. The van der Waals surface area contributed by atoms with Crippen LogP contribution in [0.2, 0.25) is 0 Å². The Morgan fingerprint density at radius 2 is 1.44 bits per heavy atom. The topological polar surface area (TPSA) is 36.3 Å². The van der Waals surface area contributed by atoms with Gasteiger partial charge < -0.3 is 14.0 Å². The molecule has 0 saturated carbocycles. The van der Waals surface area contributed by atoms with Crippen molar-refractivity contribution >= 4 is 11.0 Å². The van der Waals surface area contributed by atoms with Crippen molar-refractivity contribution in [2.45, 2.75) is 12.0 Å². The number of hydrogen-bond acceptors (Lipinski definition) is 3. The van der Waals surface area contributed by atoms with Gasteiger partial charge in [0.25, 0.3) is 0 Å². The second kappa shape index (κ2) is 6.72. The van der Waals surface area contributed by atoms with Gasteiger partial charge in [0.05, 0.1) is 23.0 Å². The molecule has 0 N–H and O–H groups in total. The number of rotatable bonds is 2. The van der Waals surface area contributed by atoms with Gasteiger partial charge >= 0.3 is 0 Å². The van der Waals surface area contributed by atoms with Crippen molar-refractivity contribution in [3.63, 3.8) is 0 Å². The quantitative estimate of drug-likeness (QED) is 0.353. The molecule has 0 amide bonds. The van der Waals surface area contributed by atoms with E-state index in [9.17, 15) is 0 Å². The summed E-state index contributed by atoms with van der Waals surface area (Å²) in [5.41, 5.74) is 7.15. The maximum atomic E-state index is 5.72. The minimum absolute atomic E-state index is 0.00284. The first-order valence-corrected chi connectivity index (χ1v) is 10.9. The van der Waals surface area contributed by atoms with Gasteiger partial charge in [-0.05, 0) is 46.5 Å². The Kier molecular flexibility index (Phi) is 3.70. The van der Waals surface area contributed by atoms with Gasteiger partial charge in [-0.3, -0.25) is 0 Å². The van der Waals surface area contributed by atoms with Crippen LogP contribution in [0.4, 0.5) is 0 Å². The van der Waals surface area contributed by atoms with Crippen LogP contribution in [0, 0.1) is 0 Å². The minimum atomic E-state index is 0.00284. The summed E-state index contributed by atoms with van der Waals surface area (Å²) in [5.74, 6) is 2.75. The first kappa shape index (κ1) is 17.6. The van der Waals surface area contributed by atoms with E-state index in [0.29, 0.717) is 0 Å². The fraction of sp³-hybridized carbons (Fsp3) is 0.107. The van der Waals surface area contributed by atoms with E-state index in [0.717, 1.165) is 33.9 Å². The highest BCUT2D eigenvalue weighted by Gasteiger charge is 2.36. The van der Waals surface area contributed by atoms with Crippen molar-refractivity contribution in [1.82, 2.24) is 9.55 Å². The summed E-state index contributed by atoms with van der Waals surface area (Å²) in [6, 6.07) is 34.1. The van der Waals surface area contributed by atoms with Crippen LogP contribution < -0.4 is 9.47 Å². The van der Waals surface area contributed by atoms with Crippen molar-refractivity contribution in [1.29, 1.82) is 0 Å². The Labute approximate surface area is 185 Å². The van der Waals surface area contributed by atoms with Crippen LogP contribution in [0.3, 0.4) is 0 Å². The molecule has 7 rings (SSSR count). The molecule has 0 spiro atoms. The lowest BCUT2D eigenvalue weighted by molar-refractivity contribution is 0.174. The summed E-state index contributed by atoms with van der Waals surface area (Å²) in [6.07, 6.45) is 0. The van der Waals surface area contributed by atoms with E-state index in [2.05, 4.69) is 95.6 Å². The third-order valence-electron chi connectivity index (χ3n) is 6.59. The van der Waals surface area contributed by atoms with Crippen molar-refractivity contribution < 1.29 is 9.47 Å². The summed E-state index contributed by atoms with van der Waals surface area (Å²) in [6.45, 7) is 0.273. The van der Waals surface area contributed by atoms with E-state index in [1.165, 1.54) is 16.7 Å². The number of nitrogens with zero attached hydrogens (tertiary/aromatic N) is 2. The van der Waals surface area contributed by atoms with E-state index in [-0.39, 0.29) is 18.8 Å². The maximum Gasteiger partial charge on any atom is 0.231 e. The van der Waals surface area contributed by atoms with Crippen LogP contribution in [0.25, 0.3) is 11.0 Å². The van der Waals surface area contributed by atoms with E-state index < -0.39 is 0 Å². The second-order valence-electron chi connectivity index (χ2n) is 8.32. The molecule has 0 bridgehead atoms. The highest BCUT2D eigenvalue weighted by atomic mass is 16.7. The van der Waals surface area contributed by atoms with Crippen LogP contribution in [-0.4, -0.2) is 16.3 Å². The molecule has 2 aliphatic rings. The lowest BCUT2D eigenvalue weighted by atomic mass is 9.80. The highest BCUT2D eigenvalue weighted by molar-refractivity contribution is 5.78. The standard InChI is InChI=1S/C28H20N2O2/c1-2-8-18(9-3-1)26-20-10-4-5-11-21(20)27(19-14-15-24-25(16-19)32-17-31-24)30-23-13-7-6-12-22(23)29-28(26)30/h1-16,26-27H,17H2. The van der Waals surface area contributed by atoms with Gasteiger partial charge in [-0.15, -0.1) is 0 Å². The van der Waals surface area contributed by atoms with Crippen LogP contribution in [0.5, 0.6) is 11.5 Å². The zero-order valence-corrected chi connectivity index (χ0v) is 17.3. The molecule has 154 valence electrons. The molecule has 4 aromatic carbocycles. The molecule has 1 aromatic heterocycles. The Hall–Kier alpha value is -4.05. The van der Waals surface area contributed by atoms with Crippen molar-refractivity contribution in [3.05, 3.63) is 125 Å². The summed E-state index contributed by atoms with van der Waals surface area (Å²) in [5, 5.41) is 0. The third kappa shape index (κ3) is 2.47. The average Bonchev–Trinajstić information content (AvgIpc) is 3.47. The van der Waals surface area contributed by atoms with Gasteiger partial charge in [0.1, 0.15) is 5.82 Å². The molecule has 4 nitrogen and oxygen atoms in total. The predicted octanol–water partition coefficient (Wildman–Crippen LogP) is 5.90. The van der Waals surface area contributed by atoms with Gasteiger partial charge in [0.2, 0.25) is 6.79 Å². The lowest BCUT2D eigenvalue weighted by Crippen LogP contribution is -2.26. The average molecular weight is 416 g/mol. The van der Waals surface area contributed by atoms with Gasteiger partial charge in [0.15, 0.2) is 11.5 Å². The van der Waals surface area contributed by atoms with E-state index >= 15 is 0 Å². The normalized spacial score (nSPS) is 18.4. The SMILES string of the molecule is c1ccc(C2c3ccccc3C(c3ccc4c(c3)OCO4)n3c2nc2ccccc23)cc1. The lowest BCUT2D eigenvalue weighted by Gasteiger charge is -2.34. The van der Waals surface area contributed by atoms with Gasteiger partial charge in [-0.2, -0.15) is 0 Å². The number of imidazole rings is 1. The molecule has 2 unspecified atom stereocenters. The third-order valence-corrected chi connectivity index (χ3v) is 6.59. The molecule has 0 radical (unpaired) electrons. The summed E-state index contributed by atoms with van der Waals surface area (Å²) < 4.78 is 13.7. The largest absolute Gasteiger partial charge is 0.454 e. The molecule has 0 saturated heterocycles. The van der Waals surface area contributed by atoms with Gasteiger partial charge in [-0.1, -0.05) is 72.8 Å². The smallest absolute Gasteiger partial charge is 0.231 e. The minimum Gasteiger partial charge on any atom is -0.454 e. The van der Waals surface area contributed by atoms with E-state index in [4.69, 9.17) is 14.5 Å². The number of aromatic nitrogens is 2. The number of ether oxygens (including phenoxy) is 2. The molecule has 32 heavy (non-hydrogen) atoms. The van der Waals surface area contributed by atoms with Crippen molar-refractivity contribution in [2.75, 3.05) is 6.79 Å². The molecule has 3 heterocycles. The molecule has 4 heteroatoms. The Bertz CT molecular complexity index is 1470. The number of hydrogen-bond donors (Lipinski definition) is 0.